The largest absolute Gasteiger partial charge is 0.481 e. The lowest BCUT2D eigenvalue weighted by Crippen LogP contribution is -2.19. The molecule has 0 heterocycles. The third-order valence-electron chi connectivity index (χ3n) is 6.69. The van der Waals surface area contributed by atoms with Crippen LogP contribution in [0.3, 0.4) is 0 Å². The minimum Gasteiger partial charge on any atom is -0.481 e. The van der Waals surface area contributed by atoms with Crippen LogP contribution >= 0.6 is 0 Å². The van der Waals surface area contributed by atoms with Gasteiger partial charge in [-0.1, -0.05) is 134 Å². The maximum absolute atomic E-state index is 11.6. The number of aliphatic carboxylic acids is 1. The Morgan fingerprint density at radius 1 is 0.714 bits per heavy atom. The average Bonchev–Trinajstić information content (AvgIpc) is 2.84. The van der Waals surface area contributed by atoms with Crippen LogP contribution in [-0.4, -0.2) is 23.7 Å². The Morgan fingerprint density at radius 3 is 1.57 bits per heavy atom. The van der Waals surface area contributed by atoms with Gasteiger partial charge in [-0.05, 0) is 32.1 Å². The molecule has 4 nitrogen and oxygen atoms in total. The monoisotopic (exact) mass is 492 g/mol. The Bertz CT molecular complexity index is 526. The summed E-state index contributed by atoms with van der Waals surface area (Å²) >= 11 is 0. The minimum atomic E-state index is -0.905. The average molecular weight is 493 g/mol. The molecule has 35 heavy (non-hydrogen) atoms. The second-order valence-corrected chi connectivity index (χ2v) is 10.1. The zero-order valence-corrected chi connectivity index (χ0v) is 23.0. The number of carbonyl (C=O) groups excluding carboxylic acids is 1. The summed E-state index contributed by atoms with van der Waals surface area (Å²) < 4.78 is 4.90. The van der Waals surface area contributed by atoms with Crippen molar-refractivity contribution in [2.45, 2.75) is 148 Å². The summed E-state index contributed by atoms with van der Waals surface area (Å²) in [6, 6.07) is 0. The molecule has 1 unspecified atom stereocenters. The predicted molar refractivity (Wildman–Crippen MR) is 149 cm³/mol. The first-order chi connectivity index (χ1) is 17.1. The van der Waals surface area contributed by atoms with Crippen molar-refractivity contribution in [1.29, 1.82) is 0 Å². The quantitative estimate of drug-likeness (QED) is 0.0704. The van der Waals surface area contributed by atoms with E-state index in [1.54, 1.807) is 0 Å². The highest BCUT2D eigenvalue weighted by Gasteiger charge is 2.21. The van der Waals surface area contributed by atoms with Crippen LogP contribution in [-0.2, 0) is 14.3 Å². The van der Waals surface area contributed by atoms with E-state index in [-0.39, 0.29) is 13.0 Å². The first-order valence-corrected chi connectivity index (χ1v) is 14.8. The minimum absolute atomic E-state index is 0.0457. The van der Waals surface area contributed by atoms with Gasteiger partial charge in [0.25, 0.3) is 0 Å². The van der Waals surface area contributed by atoms with Gasteiger partial charge in [0.05, 0.1) is 12.3 Å². The highest BCUT2D eigenvalue weighted by molar-refractivity contribution is 5.78. The first-order valence-electron chi connectivity index (χ1n) is 14.8. The Labute approximate surface area is 217 Å². The summed E-state index contributed by atoms with van der Waals surface area (Å²) in [5, 5.41) is 9.29. The maximum Gasteiger partial charge on any atom is 0.307 e. The van der Waals surface area contributed by atoms with Crippen molar-refractivity contribution < 1.29 is 19.4 Å². The van der Waals surface area contributed by atoms with Gasteiger partial charge in [-0.15, -0.1) is 0 Å². The van der Waals surface area contributed by atoms with Gasteiger partial charge in [-0.3, -0.25) is 9.59 Å². The Hall–Kier alpha value is -1.58. The first kappa shape index (κ1) is 33.4. The van der Waals surface area contributed by atoms with E-state index in [2.05, 4.69) is 25.7 Å². The van der Waals surface area contributed by atoms with Crippen LogP contribution in [0.1, 0.15) is 148 Å². The van der Waals surface area contributed by atoms with Gasteiger partial charge >= 0.3 is 11.9 Å². The molecule has 204 valence electrons. The van der Waals surface area contributed by atoms with E-state index in [9.17, 15) is 14.7 Å². The SMILES string of the molecule is C=CCOC(=O)CC(CCCCCCCCC/C=C/CCCCCCCCCCCCC)C(=O)O. The van der Waals surface area contributed by atoms with Crippen molar-refractivity contribution in [2.75, 3.05) is 6.61 Å². The zero-order valence-electron chi connectivity index (χ0n) is 23.0. The van der Waals surface area contributed by atoms with Gasteiger partial charge in [0.15, 0.2) is 0 Å². The topological polar surface area (TPSA) is 63.6 Å². The van der Waals surface area contributed by atoms with Crippen LogP contribution in [0.25, 0.3) is 0 Å². The van der Waals surface area contributed by atoms with Crippen LogP contribution in [0, 0.1) is 5.92 Å². The molecule has 0 spiro atoms. The van der Waals surface area contributed by atoms with Crippen LogP contribution in [0.4, 0.5) is 0 Å². The number of esters is 1. The molecule has 0 aliphatic carbocycles. The second-order valence-electron chi connectivity index (χ2n) is 10.1. The van der Waals surface area contributed by atoms with E-state index < -0.39 is 17.9 Å². The number of hydrogen-bond acceptors (Lipinski definition) is 3. The lowest BCUT2D eigenvalue weighted by atomic mass is 9.97. The molecule has 0 aromatic rings. The lowest BCUT2D eigenvalue weighted by Gasteiger charge is -2.11. The van der Waals surface area contributed by atoms with Gasteiger partial charge in [0.1, 0.15) is 6.61 Å². The van der Waals surface area contributed by atoms with Gasteiger partial charge < -0.3 is 9.84 Å². The molecule has 1 N–H and O–H groups in total. The van der Waals surface area contributed by atoms with Gasteiger partial charge in [0, 0.05) is 0 Å². The highest BCUT2D eigenvalue weighted by Crippen LogP contribution is 2.17. The predicted octanol–water partition coefficient (Wildman–Crippen LogP) is 9.57. The Kier molecular flexibility index (Phi) is 25.8. The molecular weight excluding hydrogens is 436 g/mol. The molecule has 0 amide bonds. The number of carbonyl (C=O) groups is 2. The Balaban J connectivity index is 3.40. The summed E-state index contributed by atoms with van der Waals surface area (Å²) in [5.41, 5.74) is 0. The van der Waals surface area contributed by atoms with Crippen molar-refractivity contribution in [3.05, 3.63) is 24.8 Å². The summed E-state index contributed by atoms with van der Waals surface area (Å²) in [5.74, 6) is -1.99. The second kappa shape index (κ2) is 27.0. The maximum atomic E-state index is 11.6. The number of carboxylic acids is 1. The molecule has 0 saturated heterocycles. The number of carboxylic acid groups (broad SMARTS) is 1. The fourth-order valence-electron chi connectivity index (χ4n) is 4.42. The number of rotatable bonds is 27. The van der Waals surface area contributed by atoms with Crippen molar-refractivity contribution in [3.8, 4) is 0 Å². The molecule has 0 saturated carbocycles. The highest BCUT2D eigenvalue weighted by atomic mass is 16.5. The normalized spacial score (nSPS) is 12.1. The smallest absolute Gasteiger partial charge is 0.307 e. The van der Waals surface area contributed by atoms with E-state index in [1.165, 1.54) is 115 Å². The standard InChI is InChI=1S/C31H56O4/c1-3-5-6-7-8-9-10-11-12-13-14-15-16-17-18-19-20-21-22-23-24-25-26-29(31(33)34)28-30(32)35-27-4-2/h4,16-17,29H,2-3,5-15,18-28H2,1H3,(H,33,34)/b17-16+. The van der Waals surface area contributed by atoms with E-state index >= 15 is 0 Å². The van der Waals surface area contributed by atoms with Crippen LogP contribution < -0.4 is 0 Å². The molecule has 0 aliphatic heterocycles. The van der Waals surface area contributed by atoms with Crippen LogP contribution in [0.2, 0.25) is 0 Å². The Morgan fingerprint density at radius 2 is 1.14 bits per heavy atom. The summed E-state index contributed by atoms with van der Waals surface area (Å²) in [6.45, 7) is 5.90. The molecule has 1 atom stereocenters. The molecule has 0 aliphatic rings. The van der Waals surface area contributed by atoms with Crippen LogP contribution in [0.15, 0.2) is 24.8 Å². The molecule has 0 radical (unpaired) electrons. The van der Waals surface area contributed by atoms with Gasteiger partial charge in [0.2, 0.25) is 0 Å². The number of unbranched alkanes of at least 4 members (excludes halogenated alkanes) is 18. The third-order valence-corrected chi connectivity index (χ3v) is 6.69. The molecule has 0 rings (SSSR count). The van der Waals surface area contributed by atoms with Crippen molar-refractivity contribution in [2.24, 2.45) is 5.92 Å². The third kappa shape index (κ3) is 25.3. The molecular formula is C31H56O4. The summed E-state index contributed by atoms with van der Waals surface area (Å²) in [7, 11) is 0. The summed E-state index contributed by atoms with van der Waals surface area (Å²) in [6.07, 6.45) is 32.6. The fraction of sp³-hybridized carbons (Fsp3) is 0.806. The van der Waals surface area contributed by atoms with Gasteiger partial charge in [-0.2, -0.15) is 0 Å². The molecule has 0 fully saturated rings. The number of allylic oxidation sites excluding steroid dienone is 2. The lowest BCUT2D eigenvalue weighted by molar-refractivity contribution is -0.151. The van der Waals surface area contributed by atoms with E-state index in [4.69, 9.17) is 4.74 Å². The fourth-order valence-corrected chi connectivity index (χ4v) is 4.42. The van der Waals surface area contributed by atoms with Crippen LogP contribution in [0.5, 0.6) is 0 Å². The summed E-state index contributed by atoms with van der Waals surface area (Å²) in [4.78, 5) is 22.9. The van der Waals surface area contributed by atoms with Crippen molar-refractivity contribution >= 4 is 11.9 Å². The molecule has 0 bridgehead atoms. The number of ether oxygens (including phenoxy) is 1. The van der Waals surface area contributed by atoms with Crippen molar-refractivity contribution in [1.82, 2.24) is 0 Å². The molecule has 4 heteroatoms. The van der Waals surface area contributed by atoms with Crippen molar-refractivity contribution in [3.63, 3.8) is 0 Å². The van der Waals surface area contributed by atoms with E-state index in [1.807, 2.05) is 0 Å². The van der Waals surface area contributed by atoms with Gasteiger partial charge in [-0.25, -0.2) is 0 Å². The zero-order chi connectivity index (χ0) is 25.8. The van der Waals surface area contributed by atoms with E-state index in [0.29, 0.717) is 6.42 Å². The van der Waals surface area contributed by atoms with E-state index in [0.717, 1.165) is 19.3 Å². The molecule has 0 aromatic carbocycles. The molecule has 0 aromatic heterocycles. The number of hydrogen-bond donors (Lipinski definition) is 1.